The highest BCUT2D eigenvalue weighted by Gasteiger charge is 2.16. The van der Waals surface area contributed by atoms with E-state index in [-0.39, 0.29) is 0 Å². The van der Waals surface area contributed by atoms with Gasteiger partial charge >= 0.3 is 0 Å². The molecule has 1 unspecified atom stereocenters. The minimum absolute atomic E-state index is 0.569. The van der Waals surface area contributed by atoms with Crippen LogP contribution in [0.4, 0.5) is 0 Å². The van der Waals surface area contributed by atoms with Crippen molar-refractivity contribution >= 4 is 0 Å². The Morgan fingerprint density at radius 1 is 1.00 bits per heavy atom. The van der Waals surface area contributed by atoms with Crippen LogP contribution in [0.25, 0.3) is 0 Å². The monoisotopic (exact) mass is 144 g/mol. The summed E-state index contributed by atoms with van der Waals surface area (Å²) in [4.78, 5) is 0. The molecule has 0 aromatic rings. The molecule has 0 amide bonds. The normalized spacial score (nSPS) is 28.5. The first-order chi connectivity index (χ1) is 5.38. The maximum Gasteiger partial charge on any atom is 0.0172 e. The van der Waals surface area contributed by atoms with Crippen LogP contribution in [0.1, 0.15) is 6.92 Å². The van der Waals surface area contributed by atoms with E-state index in [0.717, 1.165) is 0 Å². The van der Waals surface area contributed by atoms with E-state index in [1.54, 1.807) is 0 Å². The van der Waals surface area contributed by atoms with E-state index in [9.17, 15) is 0 Å². The Hall–Kier alpha value is -1.04. The third-order valence-corrected chi connectivity index (χ3v) is 2.35. The van der Waals surface area contributed by atoms with Gasteiger partial charge in [0.15, 0.2) is 0 Å². The second-order valence-electron chi connectivity index (χ2n) is 3.14. The van der Waals surface area contributed by atoms with E-state index < -0.39 is 0 Å². The Morgan fingerprint density at radius 3 is 2.27 bits per heavy atom. The van der Waals surface area contributed by atoms with Crippen molar-refractivity contribution in [2.75, 3.05) is 0 Å². The minimum atomic E-state index is 0.569. The first kappa shape index (κ1) is 6.66. The summed E-state index contributed by atoms with van der Waals surface area (Å²) in [6.07, 6.45) is 15.4. The topological polar surface area (TPSA) is 0 Å². The zero-order chi connectivity index (χ0) is 7.68. The summed E-state index contributed by atoms with van der Waals surface area (Å²) in [5, 5.41) is 0. The lowest BCUT2D eigenvalue weighted by Gasteiger charge is -2.11. The molecule has 2 aliphatic rings. The van der Waals surface area contributed by atoms with Gasteiger partial charge in [-0.05, 0) is 5.92 Å². The fourth-order valence-corrected chi connectivity index (χ4v) is 1.66. The van der Waals surface area contributed by atoms with Crippen LogP contribution >= 0.6 is 0 Å². The van der Waals surface area contributed by atoms with Crippen molar-refractivity contribution in [3.8, 4) is 0 Å². The van der Waals surface area contributed by atoms with Crippen molar-refractivity contribution in [1.29, 1.82) is 0 Å². The fourth-order valence-electron chi connectivity index (χ4n) is 1.66. The van der Waals surface area contributed by atoms with Gasteiger partial charge in [0.05, 0.1) is 0 Å². The third-order valence-electron chi connectivity index (χ3n) is 2.35. The molecule has 0 radical (unpaired) electrons. The molecule has 0 spiro atoms. The lowest BCUT2D eigenvalue weighted by atomic mass is 9.93. The van der Waals surface area contributed by atoms with Crippen LogP contribution < -0.4 is 0 Å². The molecule has 0 N–H and O–H groups in total. The highest BCUT2D eigenvalue weighted by molar-refractivity contribution is 5.37. The maximum absolute atomic E-state index is 2.25. The summed E-state index contributed by atoms with van der Waals surface area (Å²) in [7, 11) is 0. The summed E-state index contributed by atoms with van der Waals surface area (Å²) in [5.41, 5.74) is 1.52. The zero-order valence-corrected chi connectivity index (χ0v) is 6.70. The van der Waals surface area contributed by atoms with Gasteiger partial charge in [-0.25, -0.2) is 0 Å². The number of rotatable bonds is 1. The van der Waals surface area contributed by atoms with Crippen molar-refractivity contribution in [2.24, 2.45) is 11.8 Å². The molecule has 0 saturated heterocycles. The standard InChI is InChI=1S/C11H12/c1-9-5-4-8-11(9)10-6-2-3-7-10/h2-10H,1H3. The van der Waals surface area contributed by atoms with E-state index in [1.807, 2.05) is 0 Å². The molecule has 0 fully saturated rings. The van der Waals surface area contributed by atoms with Gasteiger partial charge in [0.1, 0.15) is 0 Å². The third kappa shape index (κ3) is 1.09. The van der Waals surface area contributed by atoms with Crippen molar-refractivity contribution in [3.05, 3.63) is 48.1 Å². The first-order valence-electron chi connectivity index (χ1n) is 4.11. The summed E-state index contributed by atoms with van der Waals surface area (Å²) < 4.78 is 0. The molecule has 0 heteroatoms. The molecule has 2 aliphatic carbocycles. The van der Waals surface area contributed by atoms with Gasteiger partial charge in [0.25, 0.3) is 0 Å². The molecule has 0 aromatic heterocycles. The predicted molar refractivity (Wildman–Crippen MR) is 48.2 cm³/mol. The van der Waals surface area contributed by atoms with Crippen molar-refractivity contribution in [3.63, 3.8) is 0 Å². The molecule has 1 atom stereocenters. The lowest BCUT2D eigenvalue weighted by Crippen LogP contribution is -2.00. The molecular formula is C11H12. The molecule has 2 rings (SSSR count). The molecule has 0 nitrogen and oxygen atoms in total. The predicted octanol–water partition coefficient (Wildman–Crippen LogP) is 2.86. The van der Waals surface area contributed by atoms with Crippen LogP contribution in [0.3, 0.4) is 0 Å². The number of hydrogen-bond donors (Lipinski definition) is 0. The van der Waals surface area contributed by atoms with Gasteiger partial charge in [-0.3, -0.25) is 0 Å². The number of allylic oxidation sites excluding steroid dienone is 8. The molecular weight excluding hydrogens is 132 g/mol. The second-order valence-corrected chi connectivity index (χ2v) is 3.14. The highest BCUT2D eigenvalue weighted by Crippen LogP contribution is 2.29. The molecule has 0 saturated carbocycles. The van der Waals surface area contributed by atoms with Crippen LogP contribution in [-0.2, 0) is 0 Å². The van der Waals surface area contributed by atoms with E-state index >= 15 is 0 Å². The quantitative estimate of drug-likeness (QED) is 0.531. The lowest BCUT2D eigenvalue weighted by molar-refractivity contribution is 0.781. The zero-order valence-electron chi connectivity index (χ0n) is 6.70. The molecule has 0 bridgehead atoms. The van der Waals surface area contributed by atoms with Gasteiger partial charge in [0.2, 0.25) is 0 Å². The minimum Gasteiger partial charge on any atom is -0.0776 e. The van der Waals surface area contributed by atoms with E-state index in [1.165, 1.54) is 5.57 Å². The average Bonchev–Trinajstić information content (AvgIpc) is 2.55. The molecule has 0 aliphatic heterocycles. The van der Waals surface area contributed by atoms with Crippen molar-refractivity contribution < 1.29 is 0 Å². The van der Waals surface area contributed by atoms with E-state index in [0.29, 0.717) is 11.8 Å². The van der Waals surface area contributed by atoms with Gasteiger partial charge in [-0.2, -0.15) is 0 Å². The Balaban J connectivity index is 2.18. The number of hydrogen-bond acceptors (Lipinski definition) is 0. The van der Waals surface area contributed by atoms with E-state index in [4.69, 9.17) is 0 Å². The Morgan fingerprint density at radius 2 is 1.73 bits per heavy atom. The largest absolute Gasteiger partial charge is 0.0776 e. The summed E-state index contributed by atoms with van der Waals surface area (Å²) in [6.45, 7) is 2.25. The van der Waals surface area contributed by atoms with Crippen LogP contribution in [0, 0.1) is 11.8 Å². The van der Waals surface area contributed by atoms with Gasteiger partial charge in [-0.15, -0.1) is 0 Å². The Kier molecular flexibility index (Phi) is 1.54. The average molecular weight is 144 g/mol. The molecule has 0 heterocycles. The van der Waals surface area contributed by atoms with Crippen LogP contribution in [-0.4, -0.2) is 0 Å². The van der Waals surface area contributed by atoms with Gasteiger partial charge < -0.3 is 0 Å². The summed E-state index contributed by atoms with van der Waals surface area (Å²) >= 11 is 0. The maximum atomic E-state index is 2.25. The van der Waals surface area contributed by atoms with Crippen LogP contribution in [0.15, 0.2) is 48.1 Å². The van der Waals surface area contributed by atoms with Gasteiger partial charge in [0, 0.05) is 5.92 Å². The SMILES string of the molecule is CC1C=CC=C1C1C=CC=C1. The Bertz CT molecular complexity index is 252. The van der Waals surface area contributed by atoms with E-state index in [2.05, 4.69) is 49.5 Å². The first-order valence-corrected chi connectivity index (χ1v) is 4.11. The highest BCUT2D eigenvalue weighted by atomic mass is 14.2. The smallest absolute Gasteiger partial charge is 0.0172 e. The van der Waals surface area contributed by atoms with Crippen LogP contribution in [0.5, 0.6) is 0 Å². The summed E-state index contributed by atoms with van der Waals surface area (Å²) in [6, 6.07) is 0. The molecule has 56 valence electrons. The molecule has 11 heavy (non-hydrogen) atoms. The fraction of sp³-hybridized carbons (Fsp3) is 0.273. The summed E-state index contributed by atoms with van der Waals surface area (Å²) in [5.74, 6) is 1.20. The van der Waals surface area contributed by atoms with Crippen LogP contribution in [0.2, 0.25) is 0 Å². The van der Waals surface area contributed by atoms with Gasteiger partial charge in [-0.1, -0.05) is 55.0 Å². The molecule has 0 aromatic carbocycles. The van der Waals surface area contributed by atoms with Crippen molar-refractivity contribution in [2.45, 2.75) is 6.92 Å². The Labute approximate surface area is 67.6 Å². The van der Waals surface area contributed by atoms with Crippen molar-refractivity contribution in [1.82, 2.24) is 0 Å². The second kappa shape index (κ2) is 2.54.